The molecule has 0 radical (unpaired) electrons. The van der Waals surface area contributed by atoms with Crippen LogP contribution in [0.3, 0.4) is 0 Å². The fraction of sp³-hybridized carbons (Fsp3) is 0.500. The zero-order valence-electron chi connectivity index (χ0n) is 13.7. The normalized spacial score (nSPS) is 12.7. The Balaban J connectivity index is 3.06. The lowest BCUT2D eigenvalue weighted by Crippen LogP contribution is -2.28. The average molecular weight is 342 g/mol. The van der Waals surface area contributed by atoms with Gasteiger partial charge in [-0.05, 0) is 20.8 Å². The van der Waals surface area contributed by atoms with Gasteiger partial charge >= 0.3 is 13.6 Å². The minimum absolute atomic E-state index is 0.104. The lowest BCUT2D eigenvalue weighted by Gasteiger charge is -2.24. The Morgan fingerprint density at radius 1 is 1.00 bits per heavy atom. The smallest absolute Gasteiger partial charge is 0.345 e. The van der Waals surface area contributed by atoms with Crippen LogP contribution in [0.4, 0.5) is 0 Å². The third kappa shape index (κ3) is 5.57. The van der Waals surface area contributed by atoms with Crippen LogP contribution in [0.1, 0.15) is 37.6 Å². The van der Waals surface area contributed by atoms with Crippen LogP contribution in [0.5, 0.6) is 0 Å². The molecule has 0 spiro atoms. The Kier molecular flexibility index (Phi) is 8.17. The highest BCUT2D eigenvalue weighted by Crippen LogP contribution is 2.54. The molecule has 128 valence electrons. The molecule has 0 amide bonds. The maximum atomic E-state index is 12.9. The number of hydrogen-bond donors (Lipinski definition) is 0. The van der Waals surface area contributed by atoms with Gasteiger partial charge in [0, 0.05) is 12.0 Å². The van der Waals surface area contributed by atoms with Crippen LogP contribution in [-0.2, 0) is 23.1 Å². The van der Waals surface area contributed by atoms with E-state index < -0.39 is 19.2 Å². The van der Waals surface area contributed by atoms with Crippen LogP contribution in [-0.4, -0.2) is 37.2 Å². The molecule has 0 aliphatic heterocycles. The number of ketones is 1. The van der Waals surface area contributed by atoms with E-state index in [0.29, 0.717) is 5.56 Å². The van der Waals surface area contributed by atoms with Crippen molar-refractivity contribution in [2.24, 2.45) is 0 Å². The molecule has 7 heteroatoms. The highest BCUT2D eigenvalue weighted by Gasteiger charge is 2.43. The molecule has 0 aliphatic rings. The minimum Gasteiger partial charge on any atom is -0.465 e. The summed E-state index contributed by atoms with van der Waals surface area (Å²) in [6.45, 7) is 5.26. The second kappa shape index (κ2) is 9.60. The molecule has 1 rings (SSSR count). The number of carbonyl (C=O) groups excluding carboxylic acids is 2. The van der Waals surface area contributed by atoms with E-state index in [-0.39, 0.29) is 32.0 Å². The van der Waals surface area contributed by atoms with Crippen molar-refractivity contribution in [3.8, 4) is 0 Å². The van der Waals surface area contributed by atoms with Gasteiger partial charge in [0.25, 0.3) is 0 Å². The molecular weight excluding hydrogens is 319 g/mol. The van der Waals surface area contributed by atoms with Crippen molar-refractivity contribution in [1.82, 2.24) is 0 Å². The highest BCUT2D eigenvalue weighted by molar-refractivity contribution is 7.55. The summed E-state index contributed by atoms with van der Waals surface area (Å²) < 4.78 is 28.3. The SMILES string of the molecule is CCOC(=O)C(CC(=O)c1ccccc1)P(=O)(OCC)OCC. The summed E-state index contributed by atoms with van der Waals surface area (Å²) in [5.41, 5.74) is -0.837. The molecule has 1 atom stereocenters. The van der Waals surface area contributed by atoms with Gasteiger partial charge in [-0.25, -0.2) is 0 Å². The fourth-order valence-corrected chi connectivity index (χ4v) is 3.93. The van der Waals surface area contributed by atoms with E-state index in [1.807, 2.05) is 0 Å². The maximum Gasteiger partial charge on any atom is 0.345 e. The van der Waals surface area contributed by atoms with Crippen molar-refractivity contribution in [2.45, 2.75) is 32.9 Å². The first-order valence-corrected chi connectivity index (χ1v) is 9.23. The van der Waals surface area contributed by atoms with Gasteiger partial charge in [0.05, 0.1) is 19.8 Å². The minimum atomic E-state index is -3.79. The Bertz CT molecular complexity index is 547. The first-order chi connectivity index (χ1) is 11.0. The van der Waals surface area contributed by atoms with E-state index in [1.165, 1.54) is 0 Å². The summed E-state index contributed by atoms with van der Waals surface area (Å²) in [6.07, 6.45) is -0.292. The zero-order chi connectivity index (χ0) is 17.3. The number of Topliss-reactive ketones (excluding diaryl/α,β-unsaturated/α-hetero) is 1. The molecule has 1 aromatic rings. The molecule has 0 heterocycles. The molecule has 0 aromatic heterocycles. The van der Waals surface area contributed by atoms with Crippen LogP contribution in [0.15, 0.2) is 30.3 Å². The van der Waals surface area contributed by atoms with Gasteiger partial charge in [0.2, 0.25) is 0 Å². The number of ether oxygens (including phenoxy) is 1. The van der Waals surface area contributed by atoms with Crippen molar-refractivity contribution >= 4 is 19.3 Å². The van der Waals surface area contributed by atoms with Gasteiger partial charge < -0.3 is 13.8 Å². The quantitative estimate of drug-likeness (QED) is 0.368. The lowest BCUT2D eigenvalue weighted by molar-refractivity contribution is -0.143. The molecular formula is C16H23O6P. The van der Waals surface area contributed by atoms with Crippen LogP contribution >= 0.6 is 7.60 Å². The Hall–Kier alpha value is -1.49. The monoisotopic (exact) mass is 342 g/mol. The van der Waals surface area contributed by atoms with Gasteiger partial charge in [-0.15, -0.1) is 0 Å². The molecule has 0 N–H and O–H groups in total. The summed E-state index contributed by atoms with van der Waals surface area (Å²) in [4.78, 5) is 24.6. The van der Waals surface area contributed by atoms with Crippen molar-refractivity contribution < 1.29 is 27.9 Å². The largest absolute Gasteiger partial charge is 0.465 e. The number of rotatable bonds is 10. The van der Waals surface area contributed by atoms with E-state index >= 15 is 0 Å². The van der Waals surface area contributed by atoms with Crippen LogP contribution in [0, 0.1) is 0 Å². The topological polar surface area (TPSA) is 78.9 Å². The van der Waals surface area contributed by atoms with Crippen molar-refractivity contribution in [2.75, 3.05) is 19.8 Å². The molecule has 0 fully saturated rings. The Labute approximate surface area is 136 Å². The van der Waals surface area contributed by atoms with Crippen molar-refractivity contribution in [1.29, 1.82) is 0 Å². The van der Waals surface area contributed by atoms with E-state index in [1.54, 1.807) is 51.1 Å². The molecule has 1 unspecified atom stereocenters. The third-order valence-corrected chi connectivity index (χ3v) is 5.43. The van der Waals surface area contributed by atoms with Gasteiger partial charge in [0.1, 0.15) is 0 Å². The molecule has 1 aromatic carbocycles. The second-order valence-corrected chi connectivity index (χ2v) is 6.86. The van der Waals surface area contributed by atoms with E-state index in [9.17, 15) is 14.2 Å². The fourth-order valence-electron chi connectivity index (χ4n) is 2.06. The van der Waals surface area contributed by atoms with E-state index in [4.69, 9.17) is 13.8 Å². The van der Waals surface area contributed by atoms with E-state index in [2.05, 4.69) is 0 Å². The number of esters is 1. The summed E-state index contributed by atoms with van der Waals surface area (Å²) in [7, 11) is -3.79. The van der Waals surface area contributed by atoms with Gasteiger partial charge in [0.15, 0.2) is 11.4 Å². The molecule has 6 nitrogen and oxygen atoms in total. The summed E-state index contributed by atoms with van der Waals surface area (Å²) in [5.74, 6) is -1.06. The molecule has 23 heavy (non-hydrogen) atoms. The summed E-state index contributed by atoms with van der Waals surface area (Å²) >= 11 is 0. The number of benzene rings is 1. The van der Waals surface area contributed by atoms with Gasteiger partial charge in [-0.2, -0.15) is 0 Å². The molecule has 0 saturated carbocycles. The standard InChI is InChI=1S/C16H23O6P/c1-4-20-16(18)15(23(19,21-5-2)22-6-3)12-14(17)13-10-8-7-9-11-13/h7-11,15H,4-6,12H2,1-3H3. The second-order valence-electron chi connectivity index (χ2n) is 4.64. The molecule has 0 bridgehead atoms. The van der Waals surface area contributed by atoms with Crippen molar-refractivity contribution in [3.05, 3.63) is 35.9 Å². The average Bonchev–Trinajstić information content (AvgIpc) is 2.53. The summed E-state index contributed by atoms with van der Waals surface area (Å²) in [5, 5.41) is 0. The van der Waals surface area contributed by atoms with Gasteiger partial charge in [-0.3, -0.25) is 14.2 Å². The zero-order valence-corrected chi connectivity index (χ0v) is 14.6. The maximum absolute atomic E-state index is 12.9. The van der Waals surface area contributed by atoms with E-state index in [0.717, 1.165) is 0 Å². The van der Waals surface area contributed by atoms with Crippen LogP contribution in [0.25, 0.3) is 0 Å². The first-order valence-electron chi connectivity index (χ1n) is 7.62. The Morgan fingerprint density at radius 2 is 1.57 bits per heavy atom. The predicted octanol–water partition coefficient (Wildman–Crippen LogP) is 3.46. The molecule has 0 saturated heterocycles. The molecule has 0 aliphatic carbocycles. The highest BCUT2D eigenvalue weighted by atomic mass is 31.2. The van der Waals surface area contributed by atoms with Gasteiger partial charge in [-0.1, -0.05) is 30.3 Å². The predicted molar refractivity (Wildman–Crippen MR) is 86.7 cm³/mol. The number of hydrogen-bond acceptors (Lipinski definition) is 6. The van der Waals surface area contributed by atoms with Crippen LogP contribution < -0.4 is 0 Å². The van der Waals surface area contributed by atoms with Crippen LogP contribution in [0.2, 0.25) is 0 Å². The summed E-state index contributed by atoms with van der Waals surface area (Å²) in [6, 6.07) is 8.49. The van der Waals surface area contributed by atoms with Crippen molar-refractivity contribution in [3.63, 3.8) is 0 Å². The number of carbonyl (C=O) groups is 2. The third-order valence-electron chi connectivity index (χ3n) is 3.03. The lowest BCUT2D eigenvalue weighted by atomic mass is 10.1. The first kappa shape index (κ1) is 19.6. The Morgan fingerprint density at radius 3 is 2.04 bits per heavy atom.